The summed E-state index contributed by atoms with van der Waals surface area (Å²) in [4.78, 5) is 6.82. The van der Waals surface area contributed by atoms with E-state index in [1.54, 1.807) is 0 Å². The molecular weight excluding hydrogens is 236 g/mol. The Labute approximate surface area is 113 Å². The van der Waals surface area contributed by atoms with Crippen LogP contribution < -0.4 is 10.6 Å². The Morgan fingerprint density at radius 2 is 2.05 bits per heavy atom. The van der Waals surface area contributed by atoms with E-state index in [2.05, 4.69) is 28.9 Å². The molecule has 1 aromatic heterocycles. The van der Waals surface area contributed by atoms with Crippen molar-refractivity contribution in [2.45, 2.75) is 13.8 Å². The molecule has 4 heteroatoms. The fourth-order valence-electron chi connectivity index (χ4n) is 2.04. The van der Waals surface area contributed by atoms with Gasteiger partial charge in [0.05, 0.1) is 11.4 Å². The third kappa shape index (κ3) is 3.02. The standard InChI is InChI=1S/C15H20N4/c1-3-19(10-11(2)15(16)17)14-9-8-12-6-4-5-7-13(12)18-14/h4-9,11H,3,10H2,1-2H3,(H3,16,17). The van der Waals surface area contributed by atoms with Crippen molar-refractivity contribution in [2.24, 2.45) is 11.7 Å². The van der Waals surface area contributed by atoms with Crippen LogP contribution in [0.3, 0.4) is 0 Å². The van der Waals surface area contributed by atoms with Crippen LogP contribution in [-0.2, 0) is 0 Å². The van der Waals surface area contributed by atoms with Crippen LogP contribution in [0.15, 0.2) is 36.4 Å². The molecule has 0 radical (unpaired) electrons. The molecule has 4 nitrogen and oxygen atoms in total. The van der Waals surface area contributed by atoms with E-state index >= 15 is 0 Å². The highest BCUT2D eigenvalue weighted by Gasteiger charge is 2.13. The van der Waals surface area contributed by atoms with Crippen LogP contribution in [0, 0.1) is 11.3 Å². The first-order valence-electron chi connectivity index (χ1n) is 6.56. The number of hydrogen-bond donors (Lipinski definition) is 2. The van der Waals surface area contributed by atoms with Crippen molar-refractivity contribution in [2.75, 3.05) is 18.0 Å². The second kappa shape index (κ2) is 5.69. The molecule has 0 aliphatic heterocycles. The zero-order chi connectivity index (χ0) is 13.8. The van der Waals surface area contributed by atoms with Crippen molar-refractivity contribution >= 4 is 22.6 Å². The fourth-order valence-corrected chi connectivity index (χ4v) is 2.04. The van der Waals surface area contributed by atoms with Crippen LogP contribution in [0.5, 0.6) is 0 Å². The van der Waals surface area contributed by atoms with Gasteiger partial charge in [0.1, 0.15) is 5.82 Å². The maximum atomic E-state index is 7.49. The Balaban J connectivity index is 2.27. The largest absolute Gasteiger partial charge is 0.387 e. The predicted octanol–water partition coefficient (Wildman–Crippen LogP) is 2.63. The first-order valence-corrected chi connectivity index (χ1v) is 6.56. The molecule has 1 aromatic carbocycles. The van der Waals surface area contributed by atoms with E-state index in [0.717, 1.165) is 29.8 Å². The zero-order valence-electron chi connectivity index (χ0n) is 11.4. The minimum atomic E-state index is 0.0354. The first kappa shape index (κ1) is 13.3. The van der Waals surface area contributed by atoms with Gasteiger partial charge in [-0.3, -0.25) is 5.41 Å². The van der Waals surface area contributed by atoms with E-state index < -0.39 is 0 Å². The Morgan fingerprint density at radius 1 is 1.32 bits per heavy atom. The summed E-state index contributed by atoms with van der Waals surface area (Å²) < 4.78 is 0. The van der Waals surface area contributed by atoms with Gasteiger partial charge in [0.25, 0.3) is 0 Å². The maximum absolute atomic E-state index is 7.49. The summed E-state index contributed by atoms with van der Waals surface area (Å²) in [6.45, 7) is 5.62. The lowest BCUT2D eigenvalue weighted by Crippen LogP contribution is -2.34. The number of hydrogen-bond acceptors (Lipinski definition) is 3. The van der Waals surface area contributed by atoms with E-state index in [0.29, 0.717) is 0 Å². The number of anilines is 1. The highest BCUT2D eigenvalue weighted by atomic mass is 15.2. The van der Waals surface area contributed by atoms with Gasteiger partial charge in [0, 0.05) is 24.4 Å². The second-order valence-electron chi connectivity index (χ2n) is 4.76. The van der Waals surface area contributed by atoms with Gasteiger partial charge in [0.15, 0.2) is 0 Å². The summed E-state index contributed by atoms with van der Waals surface area (Å²) in [5.74, 6) is 1.20. The van der Waals surface area contributed by atoms with Crippen molar-refractivity contribution in [3.05, 3.63) is 36.4 Å². The number of para-hydroxylation sites is 1. The third-order valence-electron chi connectivity index (χ3n) is 3.31. The summed E-state index contributed by atoms with van der Waals surface area (Å²) in [5.41, 5.74) is 6.54. The summed E-state index contributed by atoms with van der Waals surface area (Å²) in [6.07, 6.45) is 0. The van der Waals surface area contributed by atoms with Crippen molar-refractivity contribution < 1.29 is 0 Å². The normalized spacial score (nSPS) is 12.3. The van der Waals surface area contributed by atoms with Gasteiger partial charge in [-0.05, 0) is 25.1 Å². The Hall–Kier alpha value is -2.10. The predicted molar refractivity (Wildman–Crippen MR) is 80.7 cm³/mol. The van der Waals surface area contributed by atoms with E-state index in [1.165, 1.54) is 0 Å². The number of benzene rings is 1. The van der Waals surface area contributed by atoms with Crippen LogP contribution in [0.2, 0.25) is 0 Å². The SMILES string of the molecule is CCN(CC(C)C(=N)N)c1ccc2ccccc2n1. The van der Waals surface area contributed by atoms with E-state index in [4.69, 9.17) is 11.1 Å². The van der Waals surface area contributed by atoms with Crippen LogP contribution in [0.1, 0.15) is 13.8 Å². The molecule has 0 saturated heterocycles. The molecule has 0 bridgehead atoms. The quantitative estimate of drug-likeness (QED) is 0.638. The van der Waals surface area contributed by atoms with Gasteiger partial charge in [-0.15, -0.1) is 0 Å². The van der Waals surface area contributed by atoms with Crippen LogP contribution in [0.25, 0.3) is 10.9 Å². The lowest BCUT2D eigenvalue weighted by Gasteiger charge is -2.25. The summed E-state index contributed by atoms with van der Waals surface area (Å²) in [5, 5.41) is 8.63. The van der Waals surface area contributed by atoms with Gasteiger partial charge in [-0.1, -0.05) is 25.1 Å². The Bertz CT molecular complexity index is 579. The highest BCUT2D eigenvalue weighted by molar-refractivity contribution is 5.81. The summed E-state index contributed by atoms with van der Waals surface area (Å²) in [6, 6.07) is 12.2. The highest BCUT2D eigenvalue weighted by Crippen LogP contribution is 2.18. The first-order chi connectivity index (χ1) is 9.11. The minimum absolute atomic E-state index is 0.0354. The minimum Gasteiger partial charge on any atom is -0.387 e. The van der Waals surface area contributed by atoms with Gasteiger partial charge in [-0.25, -0.2) is 4.98 Å². The molecule has 3 N–H and O–H groups in total. The Kier molecular flexibility index (Phi) is 4.00. The van der Waals surface area contributed by atoms with Crippen molar-refractivity contribution in [1.29, 1.82) is 5.41 Å². The number of amidine groups is 1. The number of nitrogens with one attached hydrogen (secondary N) is 1. The van der Waals surface area contributed by atoms with Crippen LogP contribution in [0.4, 0.5) is 5.82 Å². The molecule has 0 amide bonds. The fraction of sp³-hybridized carbons (Fsp3) is 0.333. The Morgan fingerprint density at radius 3 is 2.74 bits per heavy atom. The molecule has 2 rings (SSSR count). The van der Waals surface area contributed by atoms with Crippen molar-refractivity contribution in [3.8, 4) is 0 Å². The van der Waals surface area contributed by atoms with Gasteiger partial charge >= 0.3 is 0 Å². The molecule has 0 aliphatic carbocycles. The average Bonchev–Trinajstić information content (AvgIpc) is 2.43. The van der Waals surface area contributed by atoms with E-state index in [1.807, 2.05) is 31.2 Å². The van der Waals surface area contributed by atoms with Crippen molar-refractivity contribution in [1.82, 2.24) is 4.98 Å². The molecule has 2 aromatic rings. The summed E-state index contributed by atoms with van der Waals surface area (Å²) in [7, 11) is 0. The molecule has 0 fully saturated rings. The number of pyridine rings is 1. The second-order valence-corrected chi connectivity index (χ2v) is 4.76. The topological polar surface area (TPSA) is 66.0 Å². The lowest BCUT2D eigenvalue weighted by atomic mass is 10.1. The van der Waals surface area contributed by atoms with Crippen LogP contribution in [-0.4, -0.2) is 23.9 Å². The molecule has 0 saturated carbocycles. The molecular formula is C15H20N4. The zero-order valence-corrected chi connectivity index (χ0v) is 11.4. The smallest absolute Gasteiger partial charge is 0.129 e. The molecule has 19 heavy (non-hydrogen) atoms. The summed E-state index contributed by atoms with van der Waals surface area (Å²) >= 11 is 0. The monoisotopic (exact) mass is 256 g/mol. The maximum Gasteiger partial charge on any atom is 0.129 e. The van der Waals surface area contributed by atoms with Crippen molar-refractivity contribution in [3.63, 3.8) is 0 Å². The van der Waals surface area contributed by atoms with Gasteiger partial charge < -0.3 is 10.6 Å². The molecule has 1 unspecified atom stereocenters. The van der Waals surface area contributed by atoms with Crippen LogP contribution >= 0.6 is 0 Å². The number of nitrogens with two attached hydrogens (primary N) is 1. The third-order valence-corrected chi connectivity index (χ3v) is 3.31. The number of aromatic nitrogens is 1. The lowest BCUT2D eigenvalue weighted by molar-refractivity contribution is 0.691. The molecule has 0 aliphatic rings. The number of fused-ring (bicyclic) bond motifs is 1. The van der Waals surface area contributed by atoms with Gasteiger partial charge in [0.2, 0.25) is 0 Å². The number of rotatable bonds is 5. The molecule has 1 atom stereocenters. The van der Waals surface area contributed by atoms with E-state index in [9.17, 15) is 0 Å². The van der Waals surface area contributed by atoms with E-state index in [-0.39, 0.29) is 11.8 Å². The van der Waals surface area contributed by atoms with Gasteiger partial charge in [-0.2, -0.15) is 0 Å². The molecule has 1 heterocycles. The number of nitrogens with zero attached hydrogens (tertiary/aromatic N) is 2. The average molecular weight is 256 g/mol. The molecule has 100 valence electrons. The molecule has 0 spiro atoms.